The van der Waals surface area contributed by atoms with E-state index in [2.05, 4.69) is 15.4 Å². The van der Waals surface area contributed by atoms with Crippen LogP contribution in [0.5, 0.6) is 0 Å². The Morgan fingerprint density at radius 3 is 2.68 bits per heavy atom. The van der Waals surface area contributed by atoms with E-state index in [1.54, 1.807) is 0 Å². The number of hydrogen-bond donors (Lipinski definition) is 1. The van der Waals surface area contributed by atoms with Crippen molar-refractivity contribution in [1.82, 2.24) is 24.6 Å². The van der Waals surface area contributed by atoms with Crippen LogP contribution in [0, 0.1) is 0 Å². The average Bonchev–Trinajstić information content (AvgIpc) is 3.20. The molecule has 0 aliphatic carbocycles. The van der Waals surface area contributed by atoms with Gasteiger partial charge in [0.05, 0.1) is 35.8 Å². The molecule has 0 atom stereocenters. The number of nitrogens with zero attached hydrogens (tertiary/aromatic N) is 4. The molecule has 0 unspecified atom stereocenters. The van der Waals surface area contributed by atoms with Crippen LogP contribution in [0.4, 0.5) is 0 Å². The van der Waals surface area contributed by atoms with E-state index in [0.29, 0.717) is 19.5 Å². The first-order valence-electron chi connectivity index (χ1n) is 8.30. The maximum absolute atomic E-state index is 12.2. The van der Waals surface area contributed by atoms with E-state index in [1.165, 1.54) is 0 Å². The molecule has 0 radical (unpaired) electrons. The Bertz CT molecular complexity index is 1050. The lowest BCUT2D eigenvalue weighted by Gasteiger charge is -2.06. The van der Waals surface area contributed by atoms with Gasteiger partial charge in [0, 0.05) is 18.9 Å². The van der Waals surface area contributed by atoms with E-state index in [4.69, 9.17) is 0 Å². The van der Waals surface area contributed by atoms with E-state index < -0.39 is 0 Å². The molecule has 0 spiro atoms. The summed E-state index contributed by atoms with van der Waals surface area (Å²) in [6, 6.07) is 15.9. The fourth-order valence-corrected chi connectivity index (χ4v) is 3.03. The van der Waals surface area contributed by atoms with Gasteiger partial charge in [-0.3, -0.25) is 9.48 Å². The highest BCUT2D eigenvalue weighted by Crippen LogP contribution is 2.14. The Morgan fingerprint density at radius 1 is 1.08 bits per heavy atom. The van der Waals surface area contributed by atoms with E-state index in [0.717, 1.165) is 27.8 Å². The zero-order valence-corrected chi connectivity index (χ0v) is 14.0. The number of amides is 1. The number of para-hydroxylation sites is 3. The summed E-state index contributed by atoms with van der Waals surface area (Å²) in [4.78, 5) is 16.8. The standard InChI is InChI=1S/C19H19N5O/c1-23-17-9-5-3-7-15(17)22-18(23)13-20-19(25)10-11-24-16-8-4-2-6-14(16)12-21-24/h2-9,12H,10-11,13H2,1H3,(H,20,25). The van der Waals surface area contributed by atoms with Gasteiger partial charge in [0.25, 0.3) is 0 Å². The Morgan fingerprint density at radius 2 is 1.84 bits per heavy atom. The number of aryl methyl sites for hydroxylation is 2. The second kappa shape index (κ2) is 6.39. The van der Waals surface area contributed by atoms with Crippen molar-refractivity contribution < 1.29 is 4.79 Å². The number of fused-ring (bicyclic) bond motifs is 2. The maximum Gasteiger partial charge on any atom is 0.222 e. The van der Waals surface area contributed by atoms with Crippen molar-refractivity contribution in [1.29, 1.82) is 0 Å². The minimum atomic E-state index is -0.00774. The van der Waals surface area contributed by atoms with Crippen LogP contribution in [0.15, 0.2) is 54.7 Å². The van der Waals surface area contributed by atoms with Crippen molar-refractivity contribution in [3.05, 3.63) is 60.6 Å². The van der Waals surface area contributed by atoms with Crippen molar-refractivity contribution >= 4 is 27.8 Å². The van der Waals surface area contributed by atoms with Gasteiger partial charge in [-0.05, 0) is 18.2 Å². The number of carbonyl (C=O) groups excluding carboxylic acids is 1. The highest BCUT2D eigenvalue weighted by Gasteiger charge is 2.09. The quantitative estimate of drug-likeness (QED) is 0.610. The minimum Gasteiger partial charge on any atom is -0.349 e. The van der Waals surface area contributed by atoms with Crippen LogP contribution in [0.3, 0.4) is 0 Å². The molecule has 0 fully saturated rings. The van der Waals surface area contributed by atoms with Crippen LogP contribution < -0.4 is 5.32 Å². The Kier molecular flexibility index (Phi) is 3.93. The third-order valence-electron chi connectivity index (χ3n) is 4.43. The largest absolute Gasteiger partial charge is 0.349 e. The topological polar surface area (TPSA) is 64.7 Å². The number of imidazole rings is 1. The molecule has 2 heterocycles. The summed E-state index contributed by atoms with van der Waals surface area (Å²) < 4.78 is 3.88. The molecule has 25 heavy (non-hydrogen) atoms. The van der Waals surface area contributed by atoms with Crippen LogP contribution >= 0.6 is 0 Å². The third-order valence-corrected chi connectivity index (χ3v) is 4.43. The summed E-state index contributed by atoms with van der Waals surface area (Å²) >= 11 is 0. The van der Waals surface area contributed by atoms with Gasteiger partial charge < -0.3 is 9.88 Å². The van der Waals surface area contributed by atoms with Crippen LogP contribution in [0.2, 0.25) is 0 Å². The first-order chi connectivity index (χ1) is 12.2. The van der Waals surface area contributed by atoms with E-state index in [-0.39, 0.29) is 5.91 Å². The fourth-order valence-electron chi connectivity index (χ4n) is 3.03. The number of hydrogen-bond acceptors (Lipinski definition) is 3. The zero-order valence-electron chi connectivity index (χ0n) is 14.0. The molecule has 1 N–H and O–H groups in total. The van der Waals surface area contributed by atoms with Crippen molar-refractivity contribution in [2.45, 2.75) is 19.5 Å². The lowest BCUT2D eigenvalue weighted by atomic mass is 10.2. The number of aromatic nitrogens is 4. The molecule has 0 aliphatic heterocycles. The van der Waals surface area contributed by atoms with Gasteiger partial charge in [-0.25, -0.2) is 4.98 Å². The summed E-state index contributed by atoms with van der Waals surface area (Å²) in [5.41, 5.74) is 3.05. The van der Waals surface area contributed by atoms with Crippen LogP contribution in [0.1, 0.15) is 12.2 Å². The van der Waals surface area contributed by atoms with Crippen molar-refractivity contribution in [3.8, 4) is 0 Å². The maximum atomic E-state index is 12.2. The van der Waals surface area contributed by atoms with Gasteiger partial charge in [0.15, 0.2) is 0 Å². The summed E-state index contributed by atoms with van der Waals surface area (Å²) in [6.45, 7) is 0.978. The van der Waals surface area contributed by atoms with Gasteiger partial charge >= 0.3 is 0 Å². The molecule has 126 valence electrons. The van der Waals surface area contributed by atoms with Crippen LogP contribution in [-0.4, -0.2) is 25.2 Å². The monoisotopic (exact) mass is 333 g/mol. The molecule has 0 bridgehead atoms. The normalized spacial score (nSPS) is 11.2. The Labute approximate surface area is 145 Å². The second-order valence-electron chi connectivity index (χ2n) is 6.03. The predicted molar refractivity (Wildman–Crippen MR) is 96.9 cm³/mol. The fraction of sp³-hybridized carbons (Fsp3) is 0.211. The molecule has 2 aromatic heterocycles. The molecule has 0 saturated heterocycles. The van der Waals surface area contributed by atoms with Gasteiger partial charge in [0.1, 0.15) is 5.82 Å². The van der Waals surface area contributed by atoms with Crippen molar-refractivity contribution in [3.63, 3.8) is 0 Å². The average molecular weight is 333 g/mol. The Balaban J connectivity index is 1.38. The Hall–Kier alpha value is -3.15. The summed E-state index contributed by atoms with van der Waals surface area (Å²) in [7, 11) is 1.96. The van der Waals surface area contributed by atoms with E-state index in [9.17, 15) is 4.79 Å². The molecule has 0 saturated carbocycles. The number of carbonyl (C=O) groups is 1. The predicted octanol–water partition coefficient (Wildman–Crippen LogP) is 2.63. The summed E-state index contributed by atoms with van der Waals surface area (Å²) in [5, 5.41) is 8.38. The number of nitrogens with one attached hydrogen (secondary N) is 1. The molecule has 1 amide bonds. The van der Waals surface area contributed by atoms with E-state index >= 15 is 0 Å². The van der Waals surface area contributed by atoms with Crippen molar-refractivity contribution in [2.24, 2.45) is 7.05 Å². The highest BCUT2D eigenvalue weighted by atomic mass is 16.1. The van der Waals surface area contributed by atoms with Gasteiger partial charge in [-0.2, -0.15) is 5.10 Å². The molecule has 6 nitrogen and oxygen atoms in total. The molecule has 4 rings (SSSR count). The van der Waals surface area contributed by atoms with Gasteiger partial charge in [0.2, 0.25) is 5.91 Å². The van der Waals surface area contributed by atoms with Crippen LogP contribution in [0.25, 0.3) is 21.9 Å². The van der Waals surface area contributed by atoms with Crippen molar-refractivity contribution in [2.75, 3.05) is 0 Å². The molecule has 2 aromatic carbocycles. The summed E-state index contributed by atoms with van der Waals surface area (Å²) in [6.07, 6.45) is 2.21. The zero-order chi connectivity index (χ0) is 17.2. The van der Waals surface area contributed by atoms with E-state index in [1.807, 2.05) is 71.0 Å². The number of benzene rings is 2. The first-order valence-corrected chi connectivity index (χ1v) is 8.30. The molecule has 6 heteroatoms. The van der Waals surface area contributed by atoms with Gasteiger partial charge in [-0.1, -0.05) is 30.3 Å². The smallest absolute Gasteiger partial charge is 0.222 e. The molecule has 4 aromatic rings. The number of rotatable bonds is 5. The minimum absolute atomic E-state index is 0.00774. The van der Waals surface area contributed by atoms with Crippen LogP contribution in [-0.2, 0) is 24.9 Å². The lowest BCUT2D eigenvalue weighted by Crippen LogP contribution is -2.25. The SMILES string of the molecule is Cn1c(CNC(=O)CCn2ncc3ccccc32)nc2ccccc21. The second-order valence-corrected chi connectivity index (χ2v) is 6.03. The molecular formula is C19H19N5O. The summed E-state index contributed by atoms with van der Waals surface area (Å²) in [5.74, 6) is 0.839. The first kappa shape index (κ1) is 15.4. The molecular weight excluding hydrogens is 314 g/mol. The van der Waals surface area contributed by atoms with Gasteiger partial charge in [-0.15, -0.1) is 0 Å². The third kappa shape index (κ3) is 2.98. The highest BCUT2D eigenvalue weighted by molar-refractivity contribution is 5.79. The molecule has 0 aliphatic rings. The lowest BCUT2D eigenvalue weighted by molar-refractivity contribution is -0.121.